The van der Waals surface area contributed by atoms with Gasteiger partial charge in [0.05, 0.1) is 11.0 Å². The van der Waals surface area contributed by atoms with E-state index < -0.39 is 17.2 Å². The van der Waals surface area contributed by atoms with Crippen LogP contribution in [0.15, 0.2) is 121 Å². The Hall–Kier alpha value is -4.89. The van der Waals surface area contributed by atoms with Gasteiger partial charge in [-0.05, 0) is 122 Å². The molecule has 0 saturated carbocycles. The van der Waals surface area contributed by atoms with E-state index in [1.807, 2.05) is 6.07 Å². The summed E-state index contributed by atoms with van der Waals surface area (Å²) < 4.78 is 41.8. The third kappa shape index (κ3) is 3.65. The second kappa shape index (κ2) is 9.30. The summed E-state index contributed by atoms with van der Waals surface area (Å²) in [7, 11) is 0. The zero-order chi connectivity index (χ0) is 30.4. The molecule has 2 aliphatic rings. The average Bonchev–Trinajstić information content (AvgIpc) is 3.48. The van der Waals surface area contributed by atoms with Crippen LogP contribution in [0.5, 0.6) is 0 Å². The van der Waals surface area contributed by atoms with Gasteiger partial charge in [0, 0.05) is 0 Å². The van der Waals surface area contributed by atoms with E-state index in [0.29, 0.717) is 5.56 Å². The van der Waals surface area contributed by atoms with Crippen LogP contribution in [-0.2, 0) is 11.6 Å². The highest BCUT2D eigenvalue weighted by Crippen LogP contribution is 2.63. The van der Waals surface area contributed by atoms with E-state index in [1.54, 1.807) is 12.1 Å². The smallest absolute Gasteiger partial charge is 0.166 e. The van der Waals surface area contributed by atoms with Crippen LogP contribution in [0.3, 0.4) is 0 Å². The number of rotatable bonds is 2. The molecule has 8 rings (SSSR count). The second-order valence-corrected chi connectivity index (χ2v) is 12.2. The highest BCUT2D eigenvalue weighted by Gasteiger charge is 2.51. The van der Waals surface area contributed by atoms with Crippen molar-refractivity contribution in [3.63, 3.8) is 0 Å². The lowest BCUT2D eigenvalue weighted by molar-refractivity contribution is -0.138. The minimum absolute atomic E-state index is 0.226. The maximum Gasteiger partial charge on any atom is 0.416 e. The molecule has 0 bridgehead atoms. The lowest BCUT2D eigenvalue weighted by Gasteiger charge is -2.31. The van der Waals surface area contributed by atoms with Gasteiger partial charge < -0.3 is 0 Å². The molecule has 0 saturated heterocycles. The summed E-state index contributed by atoms with van der Waals surface area (Å²) in [5.74, 6) is 0. The lowest BCUT2D eigenvalue weighted by Crippen LogP contribution is -2.26. The molecule has 3 heteroatoms. The van der Waals surface area contributed by atoms with Crippen molar-refractivity contribution in [3.05, 3.63) is 166 Å². The fourth-order valence-corrected chi connectivity index (χ4v) is 7.53. The van der Waals surface area contributed by atoms with Crippen molar-refractivity contribution in [1.82, 2.24) is 0 Å². The molecule has 0 N–H and O–H groups in total. The Morgan fingerprint density at radius 3 is 1.36 bits per heavy atom. The summed E-state index contributed by atoms with van der Waals surface area (Å²) in [6.07, 6.45) is -4.41. The summed E-state index contributed by atoms with van der Waals surface area (Å²) in [6.45, 7) is 5.79. The molecule has 0 fully saturated rings. The van der Waals surface area contributed by atoms with E-state index in [1.165, 1.54) is 57.5 Å². The van der Waals surface area contributed by atoms with Gasteiger partial charge in [-0.25, -0.2) is 0 Å². The van der Waals surface area contributed by atoms with Crippen molar-refractivity contribution in [2.75, 3.05) is 0 Å². The normalized spacial score (nSPS) is 13.9. The van der Waals surface area contributed by atoms with Gasteiger partial charge in [-0.15, -0.1) is 0 Å². The predicted molar refractivity (Wildman–Crippen MR) is 173 cm³/mol. The van der Waals surface area contributed by atoms with Gasteiger partial charge in [-0.3, -0.25) is 0 Å². The third-order valence-corrected chi connectivity index (χ3v) is 9.81. The molecule has 44 heavy (non-hydrogen) atoms. The number of hydrogen-bond donors (Lipinski definition) is 0. The Kier molecular flexibility index (Phi) is 5.65. The molecule has 214 valence electrons. The molecule has 6 aromatic rings. The van der Waals surface area contributed by atoms with Gasteiger partial charge in [0.1, 0.15) is 0 Å². The maximum atomic E-state index is 13.9. The van der Waals surface area contributed by atoms with Crippen molar-refractivity contribution in [2.45, 2.75) is 32.4 Å². The van der Waals surface area contributed by atoms with Gasteiger partial charge in [-0.1, -0.05) is 103 Å². The van der Waals surface area contributed by atoms with E-state index in [4.69, 9.17) is 0 Å². The van der Waals surface area contributed by atoms with E-state index in [9.17, 15) is 13.2 Å². The van der Waals surface area contributed by atoms with E-state index in [2.05, 4.69) is 111 Å². The van der Waals surface area contributed by atoms with Crippen LogP contribution in [0.1, 0.15) is 44.5 Å². The van der Waals surface area contributed by atoms with Gasteiger partial charge in [0.2, 0.25) is 0 Å². The molecule has 0 amide bonds. The summed E-state index contributed by atoms with van der Waals surface area (Å²) in [5.41, 5.74) is 14.6. The first-order chi connectivity index (χ1) is 21.2. The highest BCUT2D eigenvalue weighted by molar-refractivity contribution is 5.96. The average molecular weight is 579 g/mol. The number of hydrogen-bond acceptors (Lipinski definition) is 0. The van der Waals surface area contributed by atoms with Crippen LogP contribution in [0.25, 0.3) is 44.5 Å². The molecule has 1 spiro atoms. The molecule has 0 heterocycles. The van der Waals surface area contributed by atoms with Gasteiger partial charge in [0.15, 0.2) is 0 Å². The fraction of sp³-hybridized carbons (Fsp3) is 0.122. The van der Waals surface area contributed by atoms with Crippen molar-refractivity contribution in [2.24, 2.45) is 0 Å². The molecular formula is C41H29F3. The van der Waals surface area contributed by atoms with Crippen molar-refractivity contribution in [3.8, 4) is 44.5 Å². The second-order valence-electron chi connectivity index (χ2n) is 12.2. The summed E-state index contributed by atoms with van der Waals surface area (Å²) >= 11 is 0. The molecule has 0 nitrogen and oxygen atoms in total. The largest absolute Gasteiger partial charge is 0.416 e. The molecule has 6 aromatic carbocycles. The Labute approximate surface area is 255 Å². The Morgan fingerprint density at radius 2 is 0.841 bits per heavy atom. The molecule has 0 atom stereocenters. The number of fused-ring (bicyclic) bond motifs is 10. The third-order valence-electron chi connectivity index (χ3n) is 9.81. The lowest BCUT2D eigenvalue weighted by atomic mass is 9.70. The SMILES string of the molecule is Cc1ccc(-c2ccc3c(c2)C2(c4ccccc4-c4ccccc42)c2cc(-c4ccc(C)c(C(F)(F)F)c4)ccc2-3)cc1C. The maximum absolute atomic E-state index is 13.9. The van der Waals surface area contributed by atoms with Crippen LogP contribution >= 0.6 is 0 Å². The highest BCUT2D eigenvalue weighted by atomic mass is 19.4. The summed E-state index contributed by atoms with van der Waals surface area (Å²) in [5, 5.41) is 0. The summed E-state index contributed by atoms with van der Waals surface area (Å²) in [4.78, 5) is 0. The molecule has 0 unspecified atom stereocenters. The Morgan fingerprint density at radius 1 is 0.409 bits per heavy atom. The predicted octanol–water partition coefficient (Wildman–Crippen LogP) is 11.3. The van der Waals surface area contributed by atoms with Gasteiger partial charge >= 0.3 is 6.18 Å². The van der Waals surface area contributed by atoms with E-state index >= 15 is 0 Å². The monoisotopic (exact) mass is 578 g/mol. The molecule has 0 aliphatic heterocycles. The van der Waals surface area contributed by atoms with Crippen LogP contribution < -0.4 is 0 Å². The standard InChI is InChI=1S/C41H29F3/c1-24-12-14-27(20-26(24)3)29-16-18-33-34-19-17-30(28-15-13-25(2)37(21-28)41(42,43)44)23-39(34)40(38(33)22-29)35-10-6-4-8-31(35)32-9-5-7-11-36(32)40/h4-23H,1-3H3. The molecule has 2 aliphatic carbocycles. The number of halogens is 3. The Bertz CT molecular complexity index is 2100. The molecule has 0 radical (unpaired) electrons. The fourth-order valence-electron chi connectivity index (χ4n) is 7.53. The zero-order valence-corrected chi connectivity index (χ0v) is 24.7. The van der Waals surface area contributed by atoms with Gasteiger partial charge in [0.25, 0.3) is 0 Å². The van der Waals surface area contributed by atoms with Crippen LogP contribution in [0, 0.1) is 20.8 Å². The van der Waals surface area contributed by atoms with E-state index in [-0.39, 0.29) is 5.56 Å². The van der Waals surface area contributed by atoms with Crippen molar-refractivity contribution < 1.29 is 13.2 Å². The minimum atomic E-state index is -4.41. The first-order valence-corrected chi connectivity index (χ1v) is 14.9. The molecule has 0 aromatic heterocycles. The van der Waals surface area contributed by atoms with Crippen LogP contribution in [0.2, 0.25) is 0 Å². The molecular weight excluding hydrogens is 549 g/mol. The number of alkyl halides is 3. The van der Waals surface area contributed by atoms with Crippen LogP contribution in [-0.4, -0.2) is 0 Å². The van der Waals surface area contributed by atoms with Crippen LogP contribution in [0.4, 0.5) is 13.2 Å². The number of benzene rings is 6. The number of aryl methyl sites for hydroxylation is 3. The minimum Gasteiger partial charge on any atom is -0.166 e. The Balaban J connectivity index is 1.43. The van der Waals surface area contributed by atoms with Gasteiger partial charge in [-0.2, -0.15) is 13.2 Å². The first-order valence-electron chi connectivity index (χ1n) is 14.9. The summed E-state index contributed by atoms with van der Waals surface area (Å²) in [6, 6.07) is 41.4. The zero-order valence-electron chi connectivity index (χ0n) is 24.7. The first kappa shape index (κ1) is 26.7. The van der Waals surface area contributed by atoms with Crippen molar-refractivity contribution in [1.29, 1.82) is 0 Å². The van der Waals surface area contributed by atoms with Crippen molar-refractivity contribution >= 4 is 0 Å². The van der Waals surface area contributed by atoms with E-state index in [0.717, 1.165) is 27.8 Å². The topological polar surface area (TPSA) is 0 Å². The quantitative estimate of drug-likeness (QED) is 0.191.